The number of aliphatic hydroxyl groups is 2. The van der Waals surface area contributed by atoms with Gasteiger partial charge in [-0.25, -0.2) is 0 Å². The van der Waals surface area contributed by atoms with E-state index in [9.17, 15) is 19.8 Å². The van der Waals surface area contributed by atoms with Crippen LogP contribution in [0.3, 0.4) is 0 Å². The van der Waals surface area contributed by atoms with Gasteiger partial charge in [0.15, 0.2) is 0 Å². The topological polar surface area (TPSA) is 95.9 Å². The molecule has 0 aromatic heterocycles. The first-order chi connectivity index (χ1) is 40.0. The third-order valence-corrected chi connectivity index (χ3v) is 18.2. The average Bonchev–Trinajstić information content (AvgIpc) is 3.47. The van der Waals surface area contributed by atoms with Crippen LogP contribution in [0.15, 0.2) is 0 Å². The zero-order chi connectivity index (χ0) is 58.5. The number of carbonyl (C=O) groups excluding carboxylic acids is 2. The van der Waals surface area contributed by atoms with Crippen LogP contribution in [0.2, 0.25) is 0 Å². The molecule has 0 aromatic carbocycles. The van der Waals surface area contributed by atoms with E-state index in [1.54, 1.807) is 0 Å². The predicted molar refractivity (Wildman–Crippen MR) is 357 cm³/mol. The number of aliphatic hydroxyl groups excluding tert-OH is 2. The van der Waals surface area contributed by atoms with E-state index in [0.717, 1.165) is 38.5 Å². The number of ether oxygens (including phenoxy) is 1. The first kappa shape index (κ1) is 79.9. The van der Waals surface area contributed by atoms with Crippen LogP contribution < -0.4 is 5.32 Å². The third-order valence-electron chi connectivity index (χ3n) is 18.2. The van der Waals surface area contributed by atoms with E-state index >= 15 is 0 Å². The Balaban J connectivity index is 3.35. The van der Waals surface area contributed by atoms with Crippen molar-refractivity contribution in [1.29, 1.82) is 0 Å². The van der Waals surface area contributed by atoms with Gasteiger partial charge < -0.3 is 20.3 Å². The van der Waals surface area contributed by atoms with Gasteiger partial charge in [0.1, 0.15) is 0 Å². The molecule has 81 heavy (non-hydrogen) atoms. The van der Waals surface area contributed by atoms with Crippen molar-refractivity contribution in [3.05, 3.63) is 0 Å². The summed E-state index contributed by atoms with van der Waals surface area (Å²) in [6.07, 6.45) is 87.4. The molecule has 6 nitrogen and oxygen atoms in total. The van der Waals surface area contributed by atoms with Gasteiger partial charge >= 0.3 is 5.97 Å². The molecule has 0 heterocycles. The highest BCUT2D eigenvalue weighted by Crippen LogP contribution is 2.20. The van der Waals surface area contributed by atoms with Crippen LogP contribution in [0.1, 0.15) is 444 Å². The fourth-order valence-electron chi connectivity index (χ4n) is 12.4. The summed E-state index contributed by atoms with van der Waals surface area (Å²) in [4.78, 5) is 24.6. The molecule has 0 saturated carbocycles. The smallest absolute Gasteiger partial charge is 0.305 e. The number of hydrogen-bond acceptors (Lipinski definition) is 5. The minimum absolute atomic E-state index is 0.0204. The molecule has 0 rings (SSSR count). The van der Waals surface area contributed by atoms with E-state index < -0.39 is 12.1 Å². The molecule has 2 unspecified atom stereocenters. The molecule has 6 heteroatoms. The molecule has 3 N–H and O–H groups in total. The van der Waals surface area contributed by atoms with Crippen LogP contribution >= 0.6 is 0 Å². The second-order valence-corrected chi connectivity index (χ2v) is 26.4. The molecule has 484 valence electrons. The van der Waals surface area contributed by atoms with Gasteiger partial charge in [-0.05, 0) is 25.7 Å². The Hall–Kier alpha value is -1.14. The van der Waals surface area contributed by atoms with Crippen LogP contribution in [0, 0.1) is 0 Å². The van der Waals surface area contributed by atoms with Crippen molar-refractivity contribution in [2.24, 2.45) is 0 Å². The average molecular weight is 1150 g/mol. The van der Waals surface area contributed by atoms with Crippen molar-refractivity contribution < 1.29 is 24.5 Å². The minimum atomic E-state index is -0.663. The molecule has 0 fully saturated rings. The molecule has 0 bridgehead atoms. The maximum absolute atomic E-state index is 12.6. The standard InChI is InChI=1S/C75H149NO5/c1-3-5-7-9-11-13-15-17-18-19-20-21-22-25-28-31-34-37-40-44-47-51-55-59-63-67-73(78)72(71-77)76-74(79)68-64-60-56-52-48-45-41-38-35-32-29-26-23-24-27-30-33-36-39-42-46-50-54-58-62-66-70-81-75(80)69-65-61-57-53-49-43-16-14-12-10-8-6-4-2/h72-73,77-78H,3-71H2,1-2H3,(H,76,79). The summed E-state index contributed by atoms with van der Waals surface area (Å²) >= 11 is 0. The Morgan fingerprint density at radius 3 is 0.753 bits per heavy atom. The normalized spacial score (nSPS) is 12.4. The number of amides is 1. The second kappa shape index (κ2) is 71.3. The Labute approximate surface area is 508 Å². The van der Waals surface area contributed by atoms with Gasteiger partial charge in [0.05, 0.1) is 25.4 Å². The van der Waals surface area contributed by atoms with Crippen LogP contribution in [-0.4, -0.2) is 47.4 Å². The number of unbranched alkanes of at least 4 members (excludes halogenated alkanes) is 61. The predicted octanol–water partition coefficient (Wildman–Crippen LogP) is 24.5. The SMILES string of the molecule is CCCCCCCCCCCCCCCCCCCCCCCCCCCC(O)C(CO)NC(=O)CCCCCCCCCCCCCCCCCCCCCCCCCCCCOC(=O)CCCCCCCCCCCCCCC. The van der Waals surface area contributed by atoms with Crippen LogP contribution in [0.5, 0.6) is 0 Å². The first-order valence-electron chi connectivity index (χ1n) is 37.8. The van der Waals surface area contributed by atoms with E-state index in [-0.39, 0.29) is 18.5 Å². The minimum Gasteiger partial charge on any atom is -0.466 e. The molecule has 0 aliphatic rings. The van der Waals surface area contributed by atoms with Crippen molar-refractivity contribution in [3.63, 3.8) is 0 Å². The lowest BCUT2D eigenvalue weighted by molar-refractivity contribution is -0.143. The van der Waals surface area contributed by atoms with E-state index in [1.807, 2.05) is 0 Å². The molecule has 0 radical (unpaired) electrons. The third kappa shape index (κ3) is 67.9. The van der Waals surface area contributed by atoms with Gasteiger partial charge in [-0.2, -0.15) is 0 Å². The quantitative estimate of drug-likeness (QED) is 0.0417. The fraction of sp³-hybridized carbons (Fsp3) is 0.973. The summed E-state index contributed by atoms with van der Waals surface area (Å²) in [5.74, 6) is -0.00581. The Kier molecular flexibility index (Phi) is 70.3. The van der Waals surface area contributed by atoms with Crippen LogP contribution in [-0.2, 0) is 14.3 Å². The molecule has 1 amide bonds. The van der Waals surface area contributed by atoms with Gasteiger partial charge in [0.25, 0.3) is 0 Å². The van der Waals surface area contributed by atoms with Crippen molar-refractivity contribution in [1.82, 2.24) is 5.32 Å². The lowest BCUT2D eigenvalue weighted by atomic mass is 10.0. The van der Waals surface area contributed by atoms with Crippen molar-refractivity contribution in [3.8, 4) is 0 Å². The van der Waals surface area contributed by atoms with Crippen molar-refractivity contribution in [2.75, 3.05) is 13.2 Å². The van der Waals surface area contributed by atoms with Crippen LogP contribution in [0.25, 0.3) is 0 Å². The van der Waals surface area contributed by atoms with E-state index in [4.69, 9.17) is 4.74 Å². The molecule has 0 aliphatic heterocycles. The lowest BCUT2D eigenvalue weighted by Gasteiger charge is -2.22. The first-order valence-corrected chi connectivity index (χ1v) is 37.8. The van der Waals surface area contributed by atoms with Crippen molar-refractivity contribution in [2.45, 2.75) is 456 Å². The number of carbonyl (C=O) groups is 2. The molecule has 2 atom stereocenters. The van der Waals surface area contributed by atoms with Gasteiger partial charge in [-0.1, -0.05) is 406 Å². The lowest BCUT2D eigenvalue weighted by Crippen LogP contribution is -2.45. The van der Waals surface area contributed by atoms with Gasteiger partial charge in [-0.15, -0.1) is 0 Å². The van der Waals surface area contributed by atoms with Gasteiger partial charge in [0.2, 0.25) is 5.91 Å². The summed E-state index contributed by atoms with van der Waals surface area (Å²) in [6.45, 7) is 5.01. The van der Waals surface area contributed by atoms with Gasteiger partial charge in [-0.3, -0.25) is 9.59 Å². The number of esters is 1. The zero-order valence-corrected chi connectivity index (χ0v) is 55.6. The highest BCUT2D eigenvalue weighted by atomic mass is 16.5. The highest BCUT2D eigenvalue weighted by molar-refractivity contribution is 5.76. The molecular formula is C75H149NO5. The summed E-state index contributed by atoms with van der Waals surface area (Å²) in [5.41, 5.74) is 0. The zero-order valence-electron chi connectivity index (χ0n) is 55.6. The van der Waals surface area contributed by atoms with E-state index in [0.29, 0.717) is 25.9 Å². The summed E-state index contributed by atoms with van der Waals surface area (Å²) in [6, 6.07) is -0.540. The maximum Gasteiger partial charge on any atom is 0.305 e. The number of nitrogens with one attached hydrogen (secondary N) is 1. The summed E-state index contributed by atoms with van der Waals surface area (Å²) < 4.78 is 5.49. The van der Waals surface area contributed by atoms with E-state index in [1.165, 1.54) is 372 Å². The fourth-order valence-corrected chi connectivity index (χ4v) is 12.4. The Morgan fingerprint density at radius 1 is 0.296 bits per heavy atom. The van der Waals surface area contributed by atoms with Crippen LogP contribution in [0.4, 0.5) is 0 Å². The second-order valence-electron chi connectivity index (χ2n) is 26.4. The summed E-state index contributed by atoms with van der Waals surface area (Å²) in [5, 5.41) is 23.5. The van der Waals surface area contributed by atoms with E-state index in [2.05, 4.69) is 19.2 Å². The summed E-state index contributed by atoms with van der Waals surface area (Å²) in [7, 11) is 0. The molecule has 0 saturated heterocycles. The number of hydrogen-bond donors (Lipinski definition) is 3. The monoisotopic (exact) mass is 1140 g/mol. The maximum atomic E-state index is 12.6. The molecule has 0 aliphatic carbocycles. The van der Waals surface area contributed by atoms with Crippen molar-refractivity contribution >= 4 is 11.9 Å². The number of rotatable bonds is 72. The highest BCUT2D eigenvalue weighted by Gasteiger charge is 2.20. The molecular weight excluding hydrogens is 995 g/mol. The Morgan fingerprint density at radius 2 is 0.506 bits per heavy atom. The largest absolute Gasteiger partial charge is 0.466 e. The molecule has 0 aromatic rings. The Bertz CT molecular complexity index is 1180. The molecule has 0 spiro atoms. The van der Waals surface area contributed by atoms with Gasteiger partial charge in [0, 0.05) is 12.8 Å².